The van der Waals surface area contributed by atoms with Crippen molar-refractivity contribution >= 4 is 17.4 Å². The standard InChI is InChI=1S/C11H18ClN3O/c1-3-5-15(6-4-2)11-9(7-16)10(12)13-8-14-11/h8,16H,3-7H2,1-2H3. The van der Waals surface area contributed by atoms with Crippen LogP contribution in [0.2, 0.25) is 5.15 Å². The zero-order valence-electron chi connectivity index (χ0n) is 9.78. The summed E-state index contributed by atoms with van der Waals surface area (Å²) < 4.78 is 0. The number of hydrogen-bond acceptors (Lipinski definition) is 4. The van der Waals surface area contributed by atoms with Gasteiger partial charge in [-0.15, -0.1) is 0 Å². The molecular formula is C11H18ClN3O. The van der Waals surface area contributed by atoms with E-state index in [9.17, 15) is 5.11 Å². The van der Waals surface area contributed by atoms with Crippen molar-refractivity contribution in [3.8, 4) is 0 Å². The van der Waals surface area contributed by atoms with Crippen LogP contribution in [0.3, 0.4) is 0 Å². The van der Waals surface area contributed by atoms with E-state index < -0.39 is 0 Å². The normalized spacial score (nSPS) is 10.5. The molecule has 0 radical (unpaired) electrons. The van der Waals surface area contributed by atoms with Gasteiger partial charge < -0.3 is 10.0 Å². The first-order valence-electron chi connectivity index (χ1n) is 5.59. The Morgan fingerprint density at radius 3 is 2.38 bits per heavy atom. The maximum atomic E-state index is 9.29. The van der Waals surface area contributed by atoms with Crippen LogP contribution in [0.5, 0.6) is 0 Å². The number of hydrogen-bond donors (Lipinski definition) is 1. The molecule has 0 amide bonds. The van der Waals surface area contributed by atoms with Gasteiger partial charge in [0.15, 0.2) is 0 Å². The number of halogens is 1. The minimum Gasteiger partial charge on any atom is -0.391 e. The van der Waals surface area contributed by atoms with Gasteiger partial charge in [0.2, 0.25) is 0 Å². The summed E-state index contributed by atoms with van der Waals surface area (Å²) in [6, 6.07) is 0. The SMILES string of the molecule is CCCN(CCC)c1ncnc(Cl)c1CO. The van der Waals surface area contributed by atoms with Crippen molar-refractivity contribution in [2.45, 2.75) is 33.3 Å². The Hall–Kier alpha value is -0.870. The van der Waals surface area contributed by atoms with Gasteiger partial charge >= 0.3 is 0 Å². The lowest BCUT2D eigenvalue weighted by Gasteiger charge is -2.24. The predicted molar refractivity (Wildman–Crippen MR) is 65.8 cm³/mol. The summed E-state index contributed by atoms with van der Waals surface area (Å²) in [5.74, 6) is 0.756. The van der Waals surface area contributed by atoms with E-state index in [1.54, 1.807) is 0 Å². The molecule has 0 aliphatic heterocycles. The first kappa shape index (κ1) is 13.2. The van der Waals surface area contributed by atoms with Crippen LogP contribution in [-0.2, 0) is 6.61 Å². The van der Waals surface area contributed by atoms with E-state index in [4.69, 9.17) is 11.6 Å². The highest BCUT2D eigenvalue weighted by Gasteiger charge is 2.14. The number of nitrogens with zero attached hydrogens (tertiary/aromatic N) is 3. The van der Waals surface area contributed by atoms with E-state index in [-0.39, 0.29) is 6.61 Å². The molecule has 0 unspecified atom stereocenters. The van der Waals surface area contributed by atoms with Gasteiger partial charge in [-0.25, -0.2) is 9.97 Å². The zero-order valence-corrected chi connectivity index (χ0v) is 10.5. The first-order valence-corrected chi connectivity index (χ1v) is 5.97. The number of rotatable bonds is 6. The molecule has 0 aliphatic rings. The van der Waals surface area contributed by atoms with Crippen LogP contribution in [0.25, 0.3) is 0 Å². The largest absolute Gasteiger partial charge is 0.391 e. The number of anilines is 1. The van der Waals surface area contributed by atoms with E-state index >= 15 is 0 Å². The molecule has 1 aromatic heterocycles. The van der Waals surface area contributed by atoms with E-state index in [0.29, 0.717) is 10.7 Å². The molecule has 0 bridgehead atoms. The molecule has 1 aromatic rings. The smallest absolute Gasteiger partial charge is 0.140 e. The van der Waals surface area contributed by atoms with Gasteiger partial charge in [0.1, 0.15) is 17.3 Å². The van der Waals surface area contributed by atoms with Crippen molar-refractivity contribution < 1.29 is 5.11 Å². The molecular weight excluding hydrogens is 226 g/mol. The molecule has 0 saturated heterocycles. The Morgan fingerprint density at radius 1 is 1.25 bits per heavy atom. The van der Waals surface area contributed by atoms with E-state index in [2.05, 4.69) is 28.7 Å². The minimum absolute atomic E-state index is 0.126. The van der Waals surface area contributed by atoms with Gasteiger partial charge in [0.05, 0.1) is 12.2 Å². The van der Waals surface area contributed by atoms with E-state index in [1.165, 1.54) is 6.33 Å². The zero-order chi connectivity index (χ0) is 12.0. The van der Waals surface area contributed by atoms with Gasteiger partial charge in [-0.1, -0.05) is 25.4 Å². The Morgan fingerprint density at radius 2 is 1.88 bits per heavy atom. The van der Waals surface area contributed by atoms with Crippen molar-refractivity contribution in [1.29, 1.82) is 0 Å². The monoisotopic (exact) mass is 243 g/mol. The summed E-state index contributed by atoms with van der Waals surface area (Å²) in [6.45, 7) is 5.93. The Kier molecular flexibility index (Phi) is 5.49. The quantitative estimate of drug-likeness (QED) is 0.779. The molecule has 1 heterocycles. The third-order valence-electron chi connectivity index (χ3n) is 2.31. The summed E-state index contributed by atoms with van der Waals surface area (Å²) in [5, 5.41) is 9.63. The second-order valence-electron chi connectivity index (χ2n) is 3.61. The first-order chi connectivity index (χ1) is 7.74. The Labute approximate surface area is 101 Å². The van der Waals surface area contributed by atoms with Crippen molar-refractivity contribution in [2.24, 2.45) is 0 Å². The van der Waals surface area contributed by atoms with Gasteiger partial charge in [-0.2, -0.15) is 0 Å². The number of aliphatic hydroxyl groups excluding tert-OH is 1. The van der Waals surface area contributed by atoms with Crippen molar-refractivity contribution in [3.05, 3.63) is 17.0 Å². The Balaban J connectivity index is 3.02. The number of aromatic nitrogens is 2. The lowest BCUT2D eigenvalue weighted by atomic mass is 10.2. The molecule has 0 aliphatic carbocycles. The van der Waals surface area contributed by atoms with Crippen molar-refractivity contribution in [2.75, 3.05) is 18.0 Å². The summed E-state index contributed by atoms with van der Waals surface area (Å²) in [4.78, 5) is 10.2. The molecule has 0 aromatic carbocycles. The van der Waals surface area contributed by atoms with E-state index in [0.717, 1.165) is 31.7 Å². The van der Waals surface area contributed by atoms with Gasteiger partial charge in [-0.3, -0.25) is 0 Å². The third-order valence-corrected chi connectivity index (χ3v) is 2.64. The fourth-order valence-corrected chi connectivity index (χ4v) is 1.84. The highest BCUT2D eigenvalue weighted by Crippen LogP contribution is 2.23. The second-order valence-corrected chi connectivity index (χ2v) is 3.97. The van der Waals surface area contributed by atoms with E-state index in [1.807, 2.05) is 0 Å². The highest BCUT2D eigenvalue weighted by atomic mass is 35.5. The predicted octanol–water partition coefficient (Wildman–Crippen LogP) is 2.25. The topological polar surface area (TPSA) is 49.2 Å². The summed E-state index contributed by atoms with van der Waals surface area (Å²) in [7, 11) is 0. The molecule has 0 spiro atoms. The maximum absolute atomic E-state index is 9.29. The second kappa shape index (κ2) is 6.66. The van der Waals surface area contributed by atoms with Gasteiger partial charge in [0.25, 0.3) is 0 Å². The van der Waals surface area contributed by atoms with Crippen LogP contribution in [0.15, 0.2) is 6.33 Å². The Bertz CT molecular complexity index is 327. The van der Waals surface area contributed by atoms with Gasteiger partial charge in [-0.05, 0) is 12.8 Å². The van der Waals surface area contributed by atoms with Crippen LogP contribution in [0, 0.1) is 0 Å². The molecule has 1 rings (SSSR count). The molecule has 0 fully saturated rings. The fraction of sp³-hybridized carbons (Fsp3) is 0.636. The minimum atomic E-state index is -0.126. The molecule has 5 heteroatoms. The highest BCUT2D eigenvalue weighted by molar-refractivity contribution is 6.30. The molecule has 0 atom stereocenters. The number of aliphatic hydroxyl groups is 1. The average Bonchev–Trinajstić information content (AvgIpc) is 2.28. The molecule has 0 saturated carbocycles. The van der Waals surface area contributed by atoms with Gasteiger partial charge in [0, 0.05) is 13.1 Å². The molecule has 1 N–H and O–H groups in total. The average molecular weight is 244 g/mol. The van der Waals surface area contributed by atoms with Crippen LogP contribution in [0.4, 0.5) is 5.82 Å². The third kappa shape index (κ3) is 3.06. The molecule has 4 nitrogen and oxygen atoms in total. The fourth-order valence-electron chi connectivity index (χ4n) is 1.65. The summed E-state index contributed by atoms with van der Waals surface area (Å²) in [5.41, 5.74) is 0.617. The van der Waals surface area contributed by atoms with Crippen LogP contribution >= 0.6 is 11.6 Å². The molecule has 90 valence electrons. The van der Waals surface area contributed by atoms with Crippen LogP contribution in [0.1, 0.15) is 32.3 Å². The summed E-state index contributed by atoms with van der Waals surface area (Å²) in [6.07, 6.45) is 3.51. The van der Waals surface area contributed by atoms with Crippen LogP contribution < -0.4 is 4.90 Å². The lowest BCUT2D eigenvalue weighted by molar-refractivity contribution is 0.281. The summed E-state index contributed by atoms with van der Waals surface area (Å²) >= 11 is 5.94. The maximum Gasteiger partial charge on any atom is 0.140 e. The lowest BCUT2D eigenvalue weighted by Crippen LogP contribution is -2.27. The van der Waals surface area contributed by atoms with Crippen molar-refractivity contribution in [1.82, 2.24) is 9.97 Å². The molecule has 16 heavy (non-hydrogen) atoms. The van der Waals surface area contributed by atoms with Crippen molar-refractivity contribution in [3.63, 3.8) is 0 Å². The van der Waals surface area contributed by atoms with Crippen LogP contribution in [-0.4, -0.2) is 28.2 Å².